The monoisotopic (exact) mass is 765 g/mol. The summed E-state index contributed by atoms with van der Waals surface area (Å²) in [7, 11) is 0.893. The molecule has 1 fully saturated rings. The van der Waals surface area contributed by atoms with E-state index in [2.05, 4.69) is 175 Å². The molecule has 12 rings (SSSR count). The van der Waals surface area contributed by atoms with Crippen molar-refractivity contribution >= 4 is 62.3 Å². The van der Waals surface area contributed by atoms with Crippen molar-refractivity contribution in [2.75, 3.05) is 5.32 Å². The zero-order valence-corrected chi connectivity index (χ0v) is 35.6. The molecular weight excluding hydrogens is 713 g/mol. The summed E-state index contributed by atoms with van der Waals surface area (Å²) in [5.41, 5.74) is 21.6. The van der Waals surface area contributed by atoms with Gasteiger partial charge in [0.2, 0.25) is 0 Å². The van der Waals surface area contributed by atoms with Gasteiger partial charge in [-0.3, -0.25) is 0 Å². The molecule has 2 heterocycles. The number of rotatable bonds is 3. The molecule has 1 aliphatic heterocycles. The number of hydrogen-bond acceptors (Lipinski definition) is 2. The smallest absolute Gasteiger partial charge is 0.194 e. The Morgan fingerprint density at radius 1 is 0.627 bits per heavy atom. The van der Waals surface area contributed by atoms with Crippen LogP contribution in [0.4, 0.5) is 11.4 Å². The first-order chi connectivity index (χ1) is 28.3. The molecule has 0 spiro atoms. The van der Waals surface area contributed by atoms with E-state index in [9.17, 15) is 0 Å². The van der Waals surface area contributed by atoms with Crippen molar-refractivity contribution in [1.82, 2.24) is 0 Å². The van der Waals surface area contributed by atoms with Crippen molar-refractivity contribution in [2.45, 2.75) is 96.3 Å². The number of fused-ring (bicyclic) bond motifs is 13. The van der Waals surface area contributed by atoms with Gasteiger partial charge in [0.15, 0.2) is 7.28 Å². The van der Waals surface area contributed by atoms with Crippen LogP contribution in [0.3, 0.4) is 0 Å². The standard InChI is InChI=1S/C56H52BNO/c1-53(2,3)34-28-44-48-45(29-34)57-51-40(31-41-38-19-11-13-21-47(38)59-52(41)49(51)50(48)56(7)25-15-14-24-55(44,56)6)39-26-32-16-8-9-17-33(32)27-46(39)58-35-22-23-37-36-18-10-12-20-42(36)54(4,5)43(37)30-35/h8-13,16-23,26-31,50,57-58H,14-15,24-25H2,1-7H3. The van der Waals surface area contributed by atoms with Crippen LogP contribution in [0, 0.1) is 5.41 Å². The summed E-state index contributed by atoms with van der Waals surface area (Å²) < 4.78 is 7.12. The van der Waals surface area contributed by atoms with Crippen LogP contribution in [-0.4, -0.2) is 7.28 Å². The van der Waals surface area contributed by atoms with Gasteiger partial charge in [-0.05, 0) is 126 Å². The number of benzene rings is 7. The van der Waals surface area contributed by atoms with Gasteiger partial charge < -0.3 is 9.73 Å². The van der Waals surface area contributed by atoms with E-state index in [4.69, 9.17) is 4.42 Å². The highest BCUT2D eigenvalue weighted by molar-refractivity contribution is 6.71. The van der Waals surface area contributed by atoms with Gasteiger partial charge >= 0.3 is 0 Å². The molecule has 3 aliphatic carbocycles. The van der Waals surface area contributed by atoms with Gasteiger partial charge in [-0.15, -0.1) is 0 Å². The normalized spacial score (nSPS) is 22.1. The zero-order valence-electron chi connectivity index (χ0n) is 35.6. The van der Waals surface area contributed by atoms with Crippen molar-refractivity contribution in [3.05, 3.63) is 155 Å². The number of furan rings is 1. The highest BCUT2D eigenvalue weighted by Gasteiger charge is 2.61. The van der Waals surface area contributed by atoms with E-state index >= 15 is 0 Å². The Morgan fingerprint density at radius 2 is 1.36 bits per heavy atom. The van der Waals surface area contributed by atoms with Gasteiger partial charge in [-0.1, -0.05) is 157 Å². The highest BCUT2D eigenvalue weighted by Crippen LogP contribution is 2.68. The fourth-order valence-corrected chi connectivity index (χ4v) is 12.7. The quantitative estimate of drug-likeness (QED) is 0.181. The Labute approximate surface area is 349 Å². The van der Waals surface area contributed by atoms with Crippen LogP contribution in [0.25, 0.3) is 55.0 Å². The summed E-state index contributed by atoms with van der Waals surface area (Å²) >= 11 is 0. The van der Waals surface area contributed by atoms with Crippen LogP contribution < -0.4 is 16.2 Å². The maximum absolute atomic E-state index is 7.12. The molecule has 3 atom stereocenters. The predicted molar refractivity (Wildman–Crippen MR) is 251 cm³/mol. The van der Waals surface area contributed by atoms with E-state index in [0.717, 1.165) is 29.8 Å². The maximum Gasteiger partial charge on any atom is 0.194 e. The average molecular weight is 766 g/mol. The maximum atomic E-state index is 7.12. The third-order valence-corrected chi connectivity index (χ3v) is 16.0. The third kappa shape index (κ3) is 4.71. The van der Waals surface area contributed by atoms with E-state index in [-0.39, 0.29) is 27.6 Å². The summed E-state index contributed by atoms with van der Waals surface area (Å²) in [5.74, 6) is 0.260. The van der Waals surface area contributed by atoms with Crippen molar-refractivity contribution in [2.24, 2.45) is 5.41 Å². The SMILES string of the molecule is CC(C)(C)c1cc2c3c(c1)C1(C)CCCCC1(C)C3c1c(c(-c3cc4ccccc4cc3Nc3ccc4c(c3)C(C)(C)c3ccccc3-4)cc3c1oc1ccccc13)B2. The van der Waals surface area contributed by atoms with Gasteiger partial charge in [-0.2, -0.15) is 0 Å². The van der Waals surface area contributed by atoms with Gasteiger partial charge in [-0.25, -0.2) is 0 Å². The Kier molecular flexibility index (Phi) is 7.09. The Morgan fingerprint density at radius 3 is 2.19 bits per heavy atom. The molecule has 1 saturated carbocycles. The Balaban J connectivity index is 1.14. The molecule has 4 aliphatic rings. The lowest BCUT2D eigenvalue weighted by atomic mass is 9.48. The molecule has 2 nitrogen and oxygen atoms in total. The fourth-order valence-electron chi connectivity index (χ4n) is 12.7. The van der Waals surface area contributed by atoms with Gasteiger partial charge in [0.1, 0.15) is 11.2 Å². The molecule has 0 bridgehead atoms. The second kappa shape index (κ2) is 11.8. The van der Waals surface area contributed by atoms with Crippen LogP contribution in [0.5, 0.6) is 0 Å². The van der Waals surface area contributed by atoms with Crippen molar-refractivity contribution in [3.8, 4) is 22.3 Å². The molecule has 0 saturated heterocycles. The molecule has 1 aromatic heterocycles. The second-order valence-electron chi connectivity index (χ2n) is 20.5. The molecule has 59 heavy (non-hydrogen) atoms. The Hall–Kier alpha value is -5.54. The van der Waals surface area contributed by atoms with Gasteiger partial charge in [0.05, 0.1) is 0 Å². The molecule has 1 N–H and O–H groups in total. The molecule has 290 valence electrons. The minimum Gasteiger partial charge on any atom is -0.456 e. The molecule has 3 unspecified atom stereocenters. The largest absolute Gasteiger partial charge is 0.456 e. The van der Waals surface area contributed by atoms with E-state index in [1.54, 1.807) is 11.1 Å². The molecule has 0 amide bonds. The summed E-state index contributed by atoms with van der Waals surface area (Å²) in [4.78, 5) is 0. The number of anilines is 2. The van der Waals surface area contributed by atoms with Crippen LogP contribution in [0.1, 0.15) is 113 Å². The van der Waals surface area contributed by atoms with Crippen LogP contribution in [-0.2, 0) is 16.2 Å². The van der Waals surface area contributed by atoms with E-state index in [0.29, 0.717) is 0 Å². The molecule has 8 aromatic rings. The zero-order chi connectivity index (χ0) is 40.2. The first kappa shape index (κ1) is 35.4. The molecule has 0 radical (unpaired) electrons. The summed E-state index contributed by atoms with van der Waals surface area (Å²) in [6.07, 6.45) is 5.02. The van der Waals surface area contributed by atoms with Crippen molar-refractivity contribution < 1.29 is 4.42 Å². The van der Waals surface area contributed by atoms with Crippen LogP contribution in [0.15, 0.2) is 126 Å². The molecule has 7 aromatic carbocycles. The lowest BCUT2D eigenvalue weighted by Gasteiger charge is -2.49. The summed E-state index contributed by atoms with van der Waals surface area (Å²) in [6, 6.07) is 46.1. The topological polar surface area (TPSA) is 25.2 Å². The highest BCUT2D eigenvalue weighted by atomic mass is 16.3. The Bertz CT molecular complexity index is 3120. The minimum atomic E-state index is -0.0779. The molecular formula is C56H52BNO. The van der Waals surface area contributed by atoms with Gasteiger partial charge in [0.25, 0.3) is 0 Å². The van der Waals surface area contributed by atoms with E-state index in [1.165, 1.54) is 103 Å². The third-order valence-electron chi connectivity index (χ3n) is 16.0. The summed E-state index contributed by atoms with van der Waals surface area (Å²) in [6.45, 7) is 17.2. The van der Waals surface area contributed by atoms with Crippen molar-refractivity contribution in [3.63, 3.8) is 0 Å². The summed E-state index contributed by atoms with van der Waals surface area (Å²) in [5, 5.41) is 8.99. The van der Waals surface area contributed by atoms with Crippen LogP contribution >= 0.6 is 0 Å². The minimum absolute atomic E-state index is 0.0536. The van der Waals surface area contributed by atoms with Gasteiger partial charge in [0, 0.05) is 39.0 Å². The number of para-hydroxylation sites is 1. The van der Waals surface area contributed by atoms with Crippen LogP contribution in [0.2, 0.25) is 0 Å². The lowest BCUT2D eigenvalue weighted by molar-refractivity contribution is 0.0927. The number of hydrogen-bond donors (Lipinski definition) is 1. The predicted octanol–water partition coefficient (Wildman–Crippen LogP) is 13.4. The van der Waals surface area contributed by atoms with E-state index < -0.39 is 0 Å². The average Bonchev–Trinajstić information content (AvgIpc) is 3.79. The number of nitrogens with one attached hydrogen (secondary N) is 1. The molecule has 3 heteroatoms. The first-order valence-electron chi connectivity index (χ1n) is 22.0. The second-order valence-corrected chi connectivity index (χ2v) is 20.5. The first-order valence-corrected chi connectivity index (χ1v) is 22.0. The van der Waals surface area contributed by atoms with Crippen molar-refractivity contribution in [1.29, 1.82) is 0 Å². The van der Waals surface area contributed by atoms with E-state index in [1.807, 2.05) is 0 Å². The lowest BCUT2D eigenvalue weighted by Crippen LogP contribution is -2.46. The fraction of sp³-hybridized carbons (Fsp3) is 0.286.